The average molecular weight is 274 g/mol. The zero-order valence-corrected chi connectivity index (χ0v) is 10.9. The molecule has 1 aromatic carbocycles. The lowest BCUT2D eigenvalue weighted by Crippen LogP contribution is -2.25. The zero-order chi connectivity index (χ0) is 14.7. The highest BCUT2D eigenvalue weighted by atomic mass is 16.4. The van der Waals surface area contributed by atoms with Gasteiger partial charge < -0.3 is 20.2 Å². The van der Waals surface area contributed by atoms with E-state index in [1.54, 1.807) is 31.3 Å². The van der Waals surface area contributed by atoms with E-state index in [0.717, 1.165) is 0 Å². The van der Waals surface area contributed by atoms with Gasteiger partial charge in [-0.1, -0.05) is 0 Å². The standard InChI is InChI=1S/C14H14N2O4/c1-16(10-4-2-9(3-5-10)14(18)19)13(17)12-7-6-11(8-15)20-12/h2-7H,8,15H2,1H3,(H,18,19). The summed E-state index contributed by atoms with van der Waals surface area (Å²) in [6.45, 7) is 0.226. The molecule has 0 atom stereocenters. The van der Waals surface area contributed by atoms with Crippen molar-refractivity contribution in [3.8, 4) is 0 Å². The lowest BCUT2D eigenvalue weighted by Gasteiger charge is -2.15. The molecule has 0 saturated carbocycles. The van der Waals surface area contributed by atoms with E-state index in [1.807, 2.05) is 0 Å². The average Bonchev–Trinajstić information content (AvgIpc) is 2.94. The maximum atomic E-state index is 12.2. The number of carbonyl (C=O) groups is 2. The van der Waals surface area contributed by atoms with Gasteiger partial charge in [0.1, 0.15) is 5.76 Å². The third-order valence-corrected chi connectivity index (χ3v) is 2.88. The van der Waals surface area contributed by atoms with Gasteiger partial charge >= 0.3 is 5.97 Å². The summed E-state index contributed by atoms with van der Waals surface area (Å²) in [7, 11) is 1.59. The highest BCUT2D eigenvalue weighted by Gasteiger charge is 2.17. The van der Waals surface area contributed by atoms with E-state index in [1.165, 1.54) is 17.0 Å². The first-order chi connectivity index (χ1) is 9.52. The van der Waals surface area contributed by atoms with Crippen molar-refractivity contribution in [3.05, 3.63) is 53.5 Å². The van der Waals surface area contributed by atoms with E-state index in [0.29, 0.717) is 11.4 Å². The number of carboxylic acids is 1. The van der Waals surface area contributed by atoms with Crippen molar-refractivity contribution in [3.63, 3.8) is 0 Å². The van der Waals surface area contributed by atoms with Gasteiger partial charge in [-0.25, -0.2) is 4.79 Å². The summed E-state index contributed by atoms with van der Waals surface area (Å²) in [5.41, 5.74) is 6.16. The summed E-state index contributed by atoms with van der Waals surface area (Å²) in [5.74, 6) is -0.616. The highest BCUT2D eigenvalue weighted by Crippen LogP contribution is 2.18. The number of amides is 1. The van der Waals surface area contributed by atoms with Crippen LogP contribution in [0.25, 0.3) is 0 Å². The summed E-state index contributed by atoms with van der Waals surface area (Å²) in [6.07, 6.45) is 0. The summed E-state index contributed by atoms with van der Waals surface area (Å²) in [6, 6.07) is 9.22. The Hall–Kier alpha value is -2.60. The Kier molecular flexibility index (Phi) is 3.86. The Balaban J connectivity index is 2.19. The molecule has 1 aromatic heterocycles. The number of nitrogens with zero attached hydrogens (tertiary/aromatic N) is 1. The molecular weight excluding hydrogens is 260 g/mol. The van der Waals surface area contributed by atoms with Crippen LogP contribution in [-0.2, 0) is 6.54 Å². The fourth-order valence-electron chi connectivity index (χ4n) is 1.71. The molecule has 0 radical (unpaired) electrons. The second-order valence-corrected chi connectivity index (χ2v) is 4.19. The summed E-state index contributed by atoms with van der Waals surface area (Å²) < 4.78 is 5.29. The molecule has 2 rings (SSSR count). The maximum absolute atomic E-state index is 12.2. The quantitative estimate of drug-likeness (QED) is 0.884. The van der Waals surface area contributed by atoms with Gasteiger partial charge in [0.2, 0.25) is 0 Å². The predicted molar refractivity (Wildman–Crippen MR) is 72.7 cm³/mol. The molecule has 6 nitrogen and oxygen atoms in total. The number of furan rings is 1. The number of nitrogens with two attached hydrogens (primary N) is 1. The molecule has 6 heteroatoms. The van der Waals surface area contributed by atoms with Crippen LogP contribution in [0.2, 0.25) is 0 Å². The number of hydrogen-bond acceptors (Lipinski definition) is 4. The Labute approximate surface area is 115 Å². The number of aromatic carboxylic acids is 1. The van der Waals surface area contributed by atoms with E-state index in [2.05, 4.69) is 0 Å². The Morgan fingerprint density at radius 1 is 1.20 bits per heavy atom. The normalized spacial score (nSPS) is 10.3. The van der Waals surface area contributed by atoms with Crippen LogP contribution in [0.15, 0.2) is 40.8 Å². The minimum Gasteiger partial charge on any atom is -0.478 e. The van der Waals surface area contributed by atoms with Crippen molar-refractivity contribution >= 4 is 17.6 Å². The lowest BCUT2D eigenvalue weighted by atomic mass is 10.2. The van der Waals surface area contributed by atoms with Crippen LogP contribution in [0.3, 0.4) is 0 Å². The van der Waals surface area contributed by atoms with Crippen molar-refractivity contribution in [2.45, 2.75) is 6.54 Å². The Morgan fingerprint density at radius 2 is 1.85 bits per heavy atom. The van der Waals surface area contributed by atoms with Crippen molar-refractivity contribution in [2.75, 3.05) is 11.9 Å². The molecule has 0 saturated heterocycles. The molecule has 20 heavy (non-hydrogen) atoms. The number of anilines is 1. The second kappa shape index (κ2) is 5.58. The van der Waals surface area contributed by atoms with Gasteiger partial charge in [-0.05, 0) is 36.4 Å². The first-order valence-electron chi connectivity index (χ1n) is 5.93. The van der Waals surface area contributed by atoms with E-state index < -0.39 is 5.97 Å². The third-order valence-electron chi connectivity index (χ3n) is 2.88. The number of carboxylic acid groups (broad SMARTS) is 1. The molecule has 0 aliphatic carbocycles. The topological polar surface area (TPSA) is 96.8 Å². The molecule has 104 valence electrons. The Morgan fingerprint density at radius 3 is 2.35 bits per heavy atom. The second-order valence-electron chi connectivity index (χ2n) is 4.19. The van der Waals surface area contributed by atoms with Gasteiger partial charge in [-0.3, -0.25) is 4.79 Å². The van der Waals surface area contributed by atoms with E-state index in [9.17, 15) is 9.59 Å². The van der Waals surface area contributed by atoms with Crippen LogP contribution >= 0.6 is 0 Å². The molecule has 0 bridgehead atoms. The van der Waals surface area contributed by atoms with Crippen LogP contribution in [0, 0.1) is 0 Å². The molecule has 1 amide bonds. The SMILES string of the molecule is CN(C(=O)c1ccc(CN)o1)c1ccc(C(=O)O)cc1. The molecular formula is C14H14N2O4. The van der Waals surface area contributed by atoms with Crippen LogP contribution in [0.4, 0.5) is 5.69 Å². The minimum absolute atomic E-state index is 0.165. The summed E-state index contributed by atoms with van der Waals surface area (Å²) in [4.78, 5) is 24.3. The maximum Gasteiger partial charge on any atom is 0.335 e. The van der Waals surface area contributed by atoms with Gasteiger partial charge in [0.15, 0.2) is 5.76 Å². The smallest absolute Gasteiger partial charge is 0.335 e. The van der Waals surface area contributed by atoms with Crippen molar-refractivity contribution in [1.82, 2.24) is 0 Å². The molecule has 0 unspecified atom stereocenters. The van der Waals surface area contributed by atoms with Crippen LogP contribution in [0.5, 0.6) is 0 Å². The van der Waals surface area contributed by atoms with E-state index in [4.69, 9.17) is 15.3 Å². The molecule has 0 fully saturated rings. The first-order valence-corrected chi connectivity index (χ1v) is 5.93. The first kappa shape index (κ1) is 13.8. The van der Waals surface area contributed by atoms with E-state index >= 15 is 0 Å². The van der Waals surface area contributed by atoms with Gasteiger partial charge in [0.05, 0.1) is 12.1 Å². The summed E-state index contributed by atoms with van der Waals surface area (Å²) >= 11 is 0. The molecule has 1 heterocycles. The van der Waals surface area contributed by atoms with Crippen molar-refractivity contribution in [1.29, 1.82) is 0 Å². The van der Waals surface area contributed by atoms with Gasteiger partial charge in [0.25, 0.3) is 5.91 Å². The largest absolute Gasteiger partial charge is 0.478 e. The summed E-state index contributed by atoms with van der Waals surface area (Å²) in [5, 5.41) is 8.82. The molecule has 0 spiro atoms. The Bertz CT molecular complexity index is 631. The van der Waals surface area contributed by atoms with Gasteiger partial charge in [0, 0.05) is 12.7 Å². The van der Waals surface area contributed by atoms with Crippen LogP contribution in [-0.4, -0.2) is 24.0 Å². The number of rotatable bonds is 4. The monoisotopic (exact) mass is 274 g/mol. The van der Waals surface area contributed by atoms with E-state index in [-0.39, 0.29) is 23.8 Å². The molecule has 2 aromatic rings. The lowest BCUT2D eigenvalue weighted by molar-refractivity contribution is 0.0696. The van der Waals surface area contributed by atoms with Gasteiger partial charge in [-0.2, -0.15) is 0 Å². The molecule has 3 N–H and O–H groups in total. The zero-order valence-electron chi connectivity index (χ0n) is 10.9. The fourth-order valence-corrected chi connectivity index (χ4v) is 1.71. The van der Waals surface area contributed by atoms with Gasteiger partial charge in [-0.15, -0.1) is 0 Å². The number of carbonyl (C=O) groups excluding carboxylic acids is 1. The predicted octanol–water partition coefficient (Wildman–Crippen LogP) is 1.71. The molecule has 0 aliphatic heterocycles. The number of benzene rings is 1. The van der Waals surface area contributed by atoms with Crippen LogP contribution in [0.1, 0.15) is 26.7 Å². The third kappa shape index (κ3) is 2.70. The van der Waals surface area contributed by atoms with Crippen molar-refractivity contribution < 1.29 is 19.1 Å². The fraction of sp³-hybridized carbons (Fsp3) is 0.143. The van der Waals surface area contributed by atoms with Crippen LogP contribution < -0.4 is 10.6 Å². The van der Waals surface area contributed by atoms with Crippen molar-refractivity contribution in [2.24, 2.45) is 5.73 Å². The highest BCUT2D eigenvalue weighted by molar-refractivity contribution is 6.04. The number of hydrogen-bond donors (Lipinski definition) is 2. The molecule has 0 aliphatic rings. The minimum atomic E-state index is -1.01.